The lowest BCUT2D eigenvalue weighted by molar-refractivity contribution is 0.930. The Bertz CT molecular complexity index is 197. The molecule has 0 saturated heterocycles. The Morgan fingerprint density at radius 2 is 2.60 bits per heavy atom. The second kappa shape index (κ2) is 3.63. The summed E-state index contributed by atoms with van der Waals surface area (Å²) < 4.78 is 0. The molecule has 0 saturated carbocycles. The van der Waals surface area contributed by atoms with Crippen LogP contribution in [-0.2, 0) is 6.42 Å². The van der Waals surface area contributed by atoms with Crippen molar-refractivity contribution in [3.63, 3.8) is 0 Å². The number of aromatic amines is 1. The van der Waals surface area contributed by atoms with Crippen LogP contribution in [0.25, 0.3) is 0 Å². The summed E-state index contributed by atoms with van der Waals surface area (Å²) in [5.41, 5.74) is 6.61. The first-order valence-electron chi connectivity index (χ1n) is 3.14. The zero-order valence-electron chi connectivity index (χ0n) is 5.92. The van der Waals surface area contributed by atoms with Crippen molar-refractivity contribution in [1.29, 1.82) is 0 Å². The fourth-order valence-corrected chi connectivity index (χ4v) is 1.37. The van der Waals surface area contributed by atoms with E-state index in [9.17, 15) is 0 Å². The molecule has 1 rings (SSSR count). The minimum atomic E-state index is 0.688. The molecule has 3 nitrogen and oxygen atoms in total. The highest BCUT2D eigenvalue weighted by Gasteiger charge is 2.00. The van der Waals surface area contributed by atoms with Crippen LogP contribution in [0.5, 0.6) is 0 Å². The molecule has 10 heavy (non-hydrogen) atoms. The number of rotatable bonds is 3. The van der Waals surface area contributed by atoms with E-state index in [2.05, 4.69) is 10.2 Å². The summed E-state index contributed by atoms with van der Waals surface area (Å²) in [5.74, 6) is 0. The van der Waals surface area contributed by atoms with E-state index in [1.165, 1.54) is 5.56 Å². The van der Waals surface area contributed by atoms with E-state index in [1.807, 2.05) is 12.5 Å². The van der Waals surface area contributed by atoms with Gasteiger partial charge in [0.25, 0.3) is 0 Å². The Labute approximate surface area is 64.4 Å². The first-order chi connectivity index (χ1) is 4.88. The topological polar surface area (TPSA) is 54.7 Å². The molecule has 0 spiro atoms. The molecule has 0 atom stereocenters. The molecule has 0 bridgehead atoms. The fraction of sp³-hybridized carbons (Fsp3) is 0.500. The van der Waals surface area contributed by atoms with Crippen molar-refractivity contribution in [2.24, 2.45) is 5.73 Å². The van der Waals surface area contributed by atoms with E-state index in [0.29, 0.717) is 6.54 Å². The first-order valence-corrected chi connectivity index (χ1v) is 4.37. The predicted octanol–water partition coefficient (Wildman–Crippen LogP) is 0.633. The molecule has 0 amide bonds. The average molecular weight is 157 g/mol. The molecule has 1 aromatic heterocycles. The van der Waals surface area contributed by atoms with Gasteiger partial charge in [0, 0.05) is 5.56 Å². The summed E-state index contributed by atoms with van der Waals surface area (Å²) in [6, 6.07) is 0. The fourth-order valence-electron chi connectivity index (χ4n) is 0.810. The molecule has 0 radical (unpaired) electrons. The summed E-state index contributed by atoms with van der Waals surface area (Å²) in [6.45, 7) is 0.688. The lowest BCUT2D eigenvalue weighted by Crippen LogP contribution is -2.02. The van der Waals surface area contributed by atoms with Gasteiger partial charge in [0.15, 0.2) is 0 Å². The molecular weight excluding hydrogens is 146 g/mol. The summed E-state index contributed by atoms with van der Waals surface area (Å²) in [6.07, 6.45) is 4.76. The second-order valence-electron chi connectivity index (χ2n) is 1.97. The predicted molar refractivity (Wildman–Crippen MR) is 43.1 cm³/mol. The minimum Gasteiger partial charge on any atom is -0.330 e. The Hall–Kier alpha value is -0.480. The van der Waals surface area contributed by atoms with Crippen molar-refractivity contribution in [1.82, 2.24) is 10.2 Å². The van der Waals surface area contributed by atoms with Gasteiger partial charge in [-0.3, -0.25) is 5.10 Å². The van der Waals surface area contributed by atoms with Gasteiger partial charge < -0.3 is 5.73 Å². The number of hydrogen-bond acceptors (Lipinski definition) is 3. The molecule has 1 heterocycles. The summed E-state index contributed by atoms with van der Waals surface area (Å²) in [5, 5.41) is 7.94. The summed E-state index contributed by atoms with van der Waals surface area (Å²) in [4.78, 5) is 0. The second-order valence-corrected chi connectivity index (χ2v) is 2.78. The zero-order valence-corrected chi connectivity index (χ0v) is 6.74. The highest BCUT2D eigenvalue weighted by Crippen LogP contribution is 2.15. The number of hydrogen-bond donors (Lipinski definition) is 2. The van der Waals surface area contributed by atoms with Crippen molar-refractivity contribution in [2.75, 3.05) is 12.8 Å². The third-order valence-corrected chi connectivity index (χ3v) is 2.06. The molecule has 0 aliphatic carbocycles. The van der Waals surface area contributed by atoms with Crippen LogP contribution in [0.2, 0.25) is 0 Å². The van der Waals surface area contributed by atoms with E-state index in [1.54, 1.807) is 11.8 Å². The number of H-pyrrole nitrogens is 1. The molecule has 3 N–H and O–H groups in total. The van der Waals surface area contributed by atoms with Gasteiger partial charge in [-0.05, 0) is 19.2 Å². The van der Waals surface area contributed by atoms with Gasteiger partial charge in [-0.1, -0.05) is 0 Å². The molecule has 1 aromatic rings. The van der Waals surface area contributed by atoms with Crippen molar-refractivity contribution in [3.05, 3.63) is 11.8 Å². The monoisotopic (exact) mass is 157 g/mol. The normalized spacial score (nSPS) is 10.2. The van der Waals surface area contributed by atoms with Crippen LogP contribution < -0.4 is 5.73 Å². The summed E-state index contributed by atoms with van der Waals surface area (Å²) in [7, 11) is 0. The van der Waals surface area contributed by atoms with Gasteiger partial charge in [-0.2, -0.15) is 5.10 Å². The van der Waals surface area contributed by atoms with Crippen LogP contribution in [0.3, 0.4) is 0 Å². The Morgan fingerprint density at radius 3 is 3.20 bits per heavy atom. The first kappa shape index (κ1) is 7.63. The minimum absolute atomic E-state index is 0.688. The van der Waals surface area contributed by atoms with E-state index in [4.69, 9.17) is 5.73 Å². The van der Waals surface area contributed by atoms with Gasteiger partial charge in [0.05, 0.1) is 11.2 Å². The van der Waals surface area contributed by atoms with Crippen LogP contribution in [0.4, 0.5) is 0 Å². The molecular formula is C6H11N3S. The quantitative estimate of drug-likeness (QED) is 0.633. The van der Waals surface area contributed by atoms with Gasteiger partial charge in [0.1, 0.15) is 0 Å². The van der Waals surface area contributed by atoms with Crippen LogP contribution in [0, 0.1) is 0 Å². The van der Waals surface area contributed by atoms with Crippen molar-refractivity contribution in [2.45, 2.75) is 11.4 Å². The van der Waals surface area contributed by atoms with Crippen molar-refractivity contribution < 1.29 is 0 Å². The van der Waals surface area contributed by atoms with Crippen molar-refractivity contribution in [3.8, 4) is 0 Å². The zero-order chi connectivity index (χ0) is 7.40. The van der Waals surface area contributed by atoms with E-state index in [0.717, 1.165) is 11.4 Å². The molecule has 0 aliphatic rings. The molecule has 4 heteroatoms. The van der Waals surface area contributed by atoms with Crippen LogP contribution >= 0.6 is 11.8 Å². The number of nitrogens with one attached hydrogen (secondary N) is 1. The number of thioether (sulfide) groups is 1. The third kappa shape index (κ3) is 1.52. The van der Waals surface area contributed by atoms with Crippen LogP contribution in [-0.4, -0.2) is 23.0 Å². The van der Waals surface area contributed by atoms with Gasteiger partial charge >= 0.3 is 0 Å². The number of nitrogens with two attached hydrogens (primary N) is 1. The Kier molecular flexibility index (Phi) is 2.77. The SMILES string of the molecule is CSc1[nH]ncc1CCN. The Balaban J connectivity index is 2.70. The van der Waals surface area contributed by atoms with Crippen LogP contribution in [0.1, 0.15) is 5.56 Å². The maximum atomic E-state index is 5.39. The van der Waals surface area contributed by atoms with Crippen molar-refractivity contribution >= 4 is 11.8 Å². The highest BCUT2D eigenvalue weighted by atomic mass is 32.2. The van der Waals surface area contributed by atoms with Gasteiger partial charge in [-0.25, -0.2) is 0 Å². The standard InChI is InChI=1S/C6H11N3S/c1-10-6-5(2-3-7)4-8-9-6/h4H,2-3,7H2,1H3,(H,8,9). The summed E-state index contributed by atoms with van der Waals surface area (Å²) >= 11 is 1.67. The lowest BCUT2D eigenvalue weighted by atomic mass is 10.3. The maximum absolute atomic E-state index is 5.39. The molecule has 0 unspecified atom stereocenters. The van der Waals surface area contributed by atoms with E-state index >= 15 is 0 Å². The molecule has 0 aliphatic heterocycles. The molecule has 56 valence electrons. The lowest BCUT2D eigenvalue weighted by Gasteiger charge is -1.94. The van der Waals surface area contributed by atoms with Crippen LogP contribution in [0.15, 0.2) is 11.2 Å². The van der Waals surface area contributed by atoms with E-state index < -0.39 is 0 Å². The third-order valence-electron chi connectivity index (χ3n) is 1.30. The average Bonchev–Trinajstić information content (AvgIpc) is 2.36. The van der Waals surface area contributed by atoms with Gasteiger partial charge in [-0.15, -0.1) is 11.8 Å². The smallest absolute Gasteiger partial charge is 0.0937 e. The molecule has 0 aromatic carbocycles. The van der Waals surface area contributed by atoms with Gasteiger partial charge in [0.2, 0.25) is 0 Å². The maximum Gasteiger partial charge on any atom is 0.0937 e. The molecule has 0 fully saturated rings. The highest BCUT2D eigenvalue weighted by molar-refractivity contribution is 7.98. The largest absolute Gasteiger partial charge is 0.330 e. The Morgan fingerprint density at radius 1 is 1.80 bits per heavy atom. The number of nitrogens with zero attached hydrogens (tertiary/aromatic N) is 1. The number of aromatic nitrogens is 2. The van der Waals surface area contributed by atoms with E-state index in [-0.39, 0.29) is 0 Å².